The third-order valence-corrected chi connectivity index (χ3v) is 3.98. The summed E-state index contributed by atoms with van der Waals surface area (Å²) in [6, 6.07) is 4.66. The first-order valence-corrected chi connectivity index (χ1v) is 7.64. The van der Waals surface area contributed by atoms with Crippen LogP contribution >= 0.6 is 0 Å². The van der Waals surface area contributed by atoms with Gasteiger partial charge in [-0.2, -0.15) is 5.10 Å². The first-order chi connectivity index (χ1) is 11.9. The number of anilines is 1. The van der Waals surface area contributed by atoms with Crippen LogP contribution in [0.15, 0.2) is 18.2 Å². The average Bonchev–Trinajstić information content (AvgIpc) is 2.84. The second-order valence-corrected chi connectivity index (χ2v) is 5.72. The Kier molecular flexibility index (Phi) is 4.26. The predicted molar refractivity (Wildman–Crippen MR) is 87.9 cm³/mol. The summed E-state index contributed by atoms with van der Waals surface area (Å²) in [5.41, 5.74) is 2.32. The number of esters is 1. The Morgan fingerprint density at radius 3 is 2.80 bits per heavy atom. The van der Waals surface area contributed by atoms with Crippen molar-refractivity contribution in [3.8, 4) is 5.75 Å². The number of aryl methyl sites for hydroxylation is 2. The maximum Gasteiger partial charge on any atom is 0.342 e. The molecule has 0 bridgehead atoms. The van der Waals surface area contributed by atoms with Crippen LogP contribution in [0, 0.1) is 13.8 Å². The predicted octanol–water partition coefficient (Wildman–Crippen LogP) is 1.41. The number of rotatable bonds is 4. The SMILES string of the molecule is Cc1nn(C)c(C)c1C(=O)OCC(=O)c1ccc2c(c1)NC(=O)CO2. The van der Waals surface area contributed by atoms with E-state index in [1.54, 1.807) is 37.7 Å². The van der Waals surface area contributed by atoms with Gasteiger partial charge in [0.15, 0.2) is 19.0 Å². The fourth-order valence-corrected chi connectivity index (χ4v) is 2.61. The minimum Gasteiger partial charge on any atom is -0.482 e. The Hall–Kier alpha value is -3.16. The monoisotopic (exact) mass is 343 g/mol. The van der Waals surface area contributed by atoms with Crippen LogP contribution in [0.5, 0.6) is 5.75 Å². The molecule has 1 aromatic carbocycles. The average molecular weight is 343 g/mol. The van der Waals surface area contributed by atoms with Gasteiger partial charge < -0.3 is 14.8 Å². The van der Waals surface area contributed by atoms with Crippen LogP contribution in [0.3, 0.4) is 0 Å². The van der Waals surface area contributed by atoms with Gasteiger partial charge >= 0.3 is 5.97 Å². The molecule has 8 nitrogen and oxygen atoms in total. The lowest BCUT2D eigenvalue weighted by atomic mass is 10.1. The van der Waals surface area contributed by atoms with E-state index in [1.165, 1.54) is 6.07 Å². The fraction of sp³-hybridized carbons (Fsp3) is 0.294. The van der Waals surface area contributed by atoms with Gasteiger partial charge in [-0.15, -0.1) is 0 Å². The van der Waals surface area contributed by atoms with E-state index in [2.05, 4.69) is 10.4 Å². The summed E-state index contributed by atoms with van der Waals surface area (Å²) in [5.74, 6) is -0.762. The molecule has 0 fully saturated rings. The minimum absolute atomic E-state index is 0.0538. The van der Waals surface area contributed by atoms with Gasteiger partial charge in [0.1, 0.15) is 11.3 Å². The van der Waals surface area contributed by atoms with Crippen molar-refractivity contribution in [1.29, 1.82) is 0 Å². The number of ether oxygens (including phenoxy) is 2. The highest BCUT2D eigenvalue weighted by Gasteiger charge is 2.21. The van der Waals surface area contributed by atoms with Crippen molar-refractivity contribution in [1.82, 2.24) is 9.78 Å². The molecule has 1 aliphatic heterocycles. The highest BCUT2D eigenvalue weighted by Crippen LogP contribution is 2.28. The number of carbonyl (C=O) groups excluding carboxylic acids is 3. The van der Waals surface area contributed by atoms with E-state index in [1.807, 2.05) is 0 Å². The van der Waals surface area contributed by atoms with Gasteiger partial charge in [-0.3, -0.25) is 14.3 Å². The van der Waals surface area contributed by atoms with E-state index in [0.717, 1.165) is 0 Å². The smallest absolute Gasteiger partial charge is 0.342 e. The van der Waals surface area contributed by atoms with E-state index < -0.39 is 12.6 Å². The Morgan fingerprint density at radius 2 is 2.12 bits per heavy atom. The Bertz CT molecular complexity index is 885. The molecule has 3 rings (SSSR count). The van der Waals surface area contributed by atoms with E-state index in [0.29, 0.717) is 34.0 Å². The van der Waals surface area contributed by atoms with Crippen molar-refractivity contribution in [2.24, 2.45) is 7.05 Å². The molecule has 25 heavy (non-hydrogen) atoms. The largest absolute Gasteiger partial charge is 0.482 e. The Balaban J connectivity index is 1.70. The third-order valence-electron chi connectivity index (χ3n) is 3.98. The number of hydrogen-bond acceptors (Lipinski definition) is 6. The van der Waals surface area contributed by atoms with E-state index in [4.69, 9.17) is 9.47 Å². The van der Waals surface area contributed by atoms with Crippen molar-refractivity contribution < 1.29 is 23.9 Å². The zero-order valence-electron chi connectivity index (χ0n) is 14.1. The molecular weight excluding hydrogens is 326 g/mol. The molecule has 0 saturated heterocycles. The van der Waals surface area contributed by atoms with Gasteiger partial charge in [-0.05, 0) is 32.0 Å². The molecular formula is C17H17N3O5. The molecule has 0 atom stereocenters. The summed E-state index contributed by atoms with van der Waals surface area (Å²) in [6.07, 6.45) is 0. The van der Waals surface area contributed by atoms with Gasteiger partial charge in [0, 0.05) is 18.3 Å². The zero-order valence-corrected chi connectivity index (χ0v) is 14.1. The standard InChI is InChI=1S/C17H17N3O5/c1-9-16(10(2)20(3)19-9)17(23)25-7-13(21)11-4-5-14-12(6-11)18-15(22)8-24-14/h4-6H,7-8H2,1-3H3,(H,18,22). The van der Waals surface area contributed by atoms with Crippen molar-refractivity contribution in [2.75, 3.05) is 18.5 Å². The molecule has 130 valence electrons. The normalized spacial score (nSPS) is 12.8. The molecule has 1 aromatic heterocycles. The lowest BCUT2D eigenvalue weighted by molar-refractivity contribution is -0.118. The quantitative estimate of drug-likeness (QED) is 0.665. The second-order valence-electron chi connectivity index (χ2n) is 5.72. The number of Topliss-reactive ketones (excluding diaryl/α,β-unsaturated/α-hetero) is 1. The third kappa shape index (κ3) is 3.23. The number of benzene rings is 1. The Labute approximate surface area is 143 Å². The Morgan fingerprint density at radius 1 is 1.36 bits per heavy atom. The van der Waals surface area contributed by atoms with Crippen LogP contribution in [-0.4, -0.2) is 40.7 Å². The summed E-state index contributed by atoms with van der Waals surface area (Å²) in [6.45, 7) is 3.00. The van der Waals surface area contributed by atoms with Crippen molar-refractivity contribution in [3.63, 3.8) is 0 Å². The molecule has 0 aliphatic carbocycles. The van der Waals surface area contributed by atoms with Crippen molar-refractivity contribution in [3.05, 3.63) is 40.7 Å². The first-order valence-electron chi connectivity index (χ1n) is 7.64. The number of nitrogens with one attached hydrogen (secondary N) is 1. The van der Waals surface area contributed by atoms with Gasteiger partial charge in [0.25, 0.3) is 5.91 Å². The summed E-state index contributed by atoms with van der Waals surface area (Å²) in [4.78, 5) is 35.8. The van der Waals surface area contributed by atoms with Gasteiger partial charge in [-0.1, -0.05) is 0 Å². The molecule has 1 aliphatic rings. The van der Waals surface area contributed by atoms with Crippen LogP contribution in [-0.2, 0) is 16.6 Å². The number of carbonyl (C=O) groups is 3. The number of hydrogen-bond donors (Lipinski definition) is 1. The molecule has 8 heteroatoms. The van der Waals surface area contributed by atoms with Crippen LogP contribution < -0.4 is 10.1 Å². The maximum absolute atomic E-state index is 12.3. The van der Waals surface area contributed by atoms with Crippen molar-refractivity contribution >= 4 is 23.3 Å². The highest BCUT2D eigenvalue weighted by atomic mass is 16.5. The van der Waals surface area contributed by atoms with E-state index in [9.17, 15) is 14.4 Å². The number of ketones is 1. The van der Waals surface area contributed by atoms with Crippen LogP contribution in [0.2, 0.25) is 0 Å². The number of fused-ring (bicyclic) bond motifs is 1. The molecule has 1 N–H and O–H groups in total. The molecule has 0 radical (unpaired) electrons. The van der Waals surface area contributed by atoms with Crippen LogP contribution in [0.4, 0.5) is 5.69 Å². The van der Waals surface area contributed by atoms with Crippen LogP contribution in [0.1, 0.15) is 32.1 Å². The number of amides is 1. The van der Waals surface area contributed by atoms with E-state index >= 15 is 0 Å². The summed E-state index contributed by atoms with van der Waals surface area (Å²) in [7, 11) is 1.73. The summed E-state index contributed by atoms with van der Waals surface area (Å²) >= 11 is 0. The molecule has 0 spiro atoms. The molecule has 0 saturated carbocycles. The molecule has 2 heterocycles. The van der Waals surface area contributed by atoms with Gasteiger partial charge in [-0.25, -0.2) is 4.79 Å². The lowest BCUT2D eigenvalue weighted by Crippen LogP contribution is -2.25. The highest BCUT2D eigenvalue weighted by molar-refractivity contribution is 6.02. The molecule has 2 aromatic rings. The minimum atomic E-state index is -0.592. The van der Waals surface area contributed by atoms with Crippen LogP contribution in [0.25, 0.3) is 0 Å². The number of nitrogens with zero attached hydrogens (tertiary/aromatic N) is 2. The molecule has 0 unspecified atom stereocenters. The fourth-order valence-electron chi connectivity index (χ4n) is 2.61. The molecule has 1 amide bonds. The lowest BCUT2D eigenvalue weighted by Gasteiger charge is -2.18. The first kappa shape index (κ1) is 16.7. The maximum atomic E-state index is 12.3. The topological polar surface area (TPSA) is 99.5 Å². The summed E-state index contributed by atoms with van der Waals surface area (Å²) in [5, 5.41) is 6.78. The van der Waals surface area contributed by atoms with Gasteiger partial charge in [0.2, 0.25) is 0 Å². The second kappa shape index (κ2) is 6.39. The van der Waals surface area contributed by atoms with Gasteiger partial charge in [0.05, 0.1) is 11.4 Å². The zero-order chi connectivity index (χ0) is 18.1. The number of aromatic nitrogens is 2. The summed E-state index contributed by atoms with van der Waals surface area (Å²) < 4.78 is 11.9. The van der Waals surface area contributed by atoms with Crippen molar-refractivity contribution in [2.45, 2.75) is 13.8 Å². The van der Waals surface area contributed by atoms with E-state index in [-0.39, 0.29) is 18.3 Å².